The molecular weight excluding hydrogens is 398 g/mol. The van der Waals surface area contributed by atoms with Crippen molar-refractivity contribution in [3.8, 4) is 16.8 Å². The molecule has 0 bridgehead atoms. The van der Waals surface area contributed by atoms with E-state index in [1.165, 1.54) is 60.9 Å². The molecule has 6 aromatic rings. The zero-order valence-electron chi connectivity index (χ0n) is 18.3. The molecule has 1 aromatic heterocycles. The van der Waals surface area contributed by atoms with E-state index < -0.39 is 0 Å². The smallest absolute Gasteiger partial charge is 0.0547 e. The zero-order valence-corrected chi connectivity index (χ0v) is 18.3. The Balaban J connectivity index is 1.43. The van der Waals surface area contributed by atoms with Crippen molar-refractivity contribution >= 4 is 21.8 Å². The van der Waals surface area contributed by atoms with Crippen LogP contribution in [0.5, 0.6) is 0 Å². The Kier molecular flexibility index (Phi) is 4.04. The molecule has 156 valence electrons. The van der Waals surface area contributed by atoms with Crippen molar-refractivity contribution < 1.29 is 0 Å². The minimum absolute atomic E-state index is 0.957. The first kappa shape index (κ1) is 18.5. The molecule has 1 aliphatic carbocycles. The van der Waals surface area contributed by atoms with Crippen LogP contribution in [0.15, 0.2) is 115 Å². The summed E-state index contributed by atoms with van der Waals surface area (Å²) >= 11 is 0. The summed E-state index contributed by atoms with van der Waals surface area (Å²) < 4.78 is 2.43. The molecule has 1 aliphatic rings. The molecular formula is C32H23N. The number of hydrogen-bond donors (Lipinski definition) is 0. The van der Waals surface area contributed by atoms with Crippen LogP contribution >= 0.6 is 0 Å². The monoisotopic (exact) mass is 421 g/mol. The Morgan fingerprint density at radius 1 is 0.545 bits per heavy atom. The third-order valence-corrected chi connectivity index (χ3v) is 7.04. The van der Waals surface area contributed by atoms with Gasteiger partial charge in [-0.2, -0.15) is 0 Å². The largest absolute Gasteiger partial charge is 0.309 e. The van der Waals surface area contributed by atoms with E-state index in [0.717, 1.165) is 12.8 Å². The van der Waals surface area contributed by atoms with Crippen molar-refractivity contribution in [2.45, 2.75) is 12.8 Å². The lowest BCUT2D eigenvalue weighted by Gasteiger charge is -2.10. The topological polar surface area (TPSA) is 4.93 Å². The van der Waals surface area contributed by atoms with Crippen LogP contribution in [0.2, 0.25) is 0 Å². The first-order valence-electron chi connectivity index (χ1n) is 11.6. The van der Waals surface area contributed by atoms with Crippen molar-refractivity contribution in [2.24, 2.45) is 0 Å². The maximum Gasteiger partial charge on any atom is 0.0547 e. The predicted octanol–water partition coefficient (Wildman–Crippen LogP) is 7.95. The number of hydrogen-bond acceptors (Lipinski definition) is 0. The number of aromatic nitrogens is 1. The fourth-order valence-corrected chi connectivity index (χ4v) is 5.55. The molecule has 0 N–H and O–H groups in total. The maximum atomic E-state index is 2.43. The molecule has 0 radical (unpaired) electrons. The molecule has 0 atom stereocenters. The summed E-state index contributed by atoms with van der Waals surface area (Å²) in [6, 6.07) is 42.1. The van der Waals surface area contributed by atoms with Gasteiger partial charge in [-0.15, -0.1) is 0 Å². The third-order valence-electron chi connectivity index (χ3n) is 7.04. The van der Waals surface area contributed by atoms with E-state index in [1.54, 1.807) is 0 Å². The average molecular weight is 422 g/mol. The van der Waals surface area contributed by atoms with Crippen LogP contribution in [0.4, 0.5) is 0 Å². The summed E-state index contributed by atoms with van der Waals surface area (Å²) in [5.41, 5.74) is 12.1. The Labute approximate surface area is 193 Å². The average Bonchev–Trinajstić information content (AvgIpc) is 3.41. The first-order chi connectivity index (χ1) is 16.4. The van der Waals surface area contributed by atoms with Gasteiger partial charge in [-0.25, -0.2) is 0 Å². The summed E-state index contributed by atoms with van der Waals surface area (Å²) in [6.45, 7) is 0. The van der Waals surface area contributed by atoms with Crippen LogP contribution in [0.3, 0.4) is 0 Å². The lowest BCUT2D eigenvalue weighted by molar-refractivity contribution is 1.15. The minimum Gasteiger partial charge on any atom is -0.309 e. The van der Waals surface area contributed by atoms with Crippen molar-refractivity contribution in [1.82, 2.24) is 4.57 Å². The molecule has 1 heterocycles. The lowest BCUT2D eigenvalue weighted by Crippen LogP contribution is -1.95. The van der Waals surface area contributed by atoms with E-state index in [0.29, 0.717) is 0 Å². The summed E-state index contributed by atoms with van der Waals surface area (Å²) in [6.07, 6.45) is 1.98. The molecule has 0 saturated carbocycles. The van der Waals surface area contributed by atoms with Crippen LogP contribution in [-0.4, -0.2) is 4.57 Å². The molecule has 0 amide bonds. The Morgan fingerprint density at radius 3 is 2.15 bits per heavy atom. The second-order valence-electron chi connectivity index (χ2n) is 9.01. The molecule has 0 unspecified atom stereocenters. The molecule has 1 heteroatoms. The highest BCUT2D eigenvalue weighted by Crippen LogP contribution is 2.45. The normalized spacial score (nSPS) is 12.2. The van der Waals surface area contributed by atoms with Gasteiger partial charge in [-0.05, 0) is 70.5 Å². The molecule has 0 aliphatic heterocycles. The maximum absolute atomic E-state index is 2.43. The van der Waals surface area contributed by atoms with Gasteiger partial charge in [0.15, 0.2) is 0 Å². The van der Waals surface area contributed by atoms with E-state index in [9.17, 15) is 0 Å². The van der Waals surface area contributed by atoms with E-state index in [4.69, 9.17) is 0 Å². The minimum atomic E-state index is 0.957. The zero-order chi connectivity index (χ0) is 21.8. The highest BCUT2D eigenvalue weighted by Gasteiger charge is 2.24. The van der Waals surface area contributed by atoms with Crippen molar-refractivity contribution in [3.63, 3.8) is 0 Å². The summed E-state index contributed by atoms with van der Waals surface area (Å²) in [5.74, 6) is 0. The van der Waals surface area contributed by atoms with E-state index in [1.807, 2.05) is 0 Å². The van der Waals surface area contributed by atoms with Gasteiger partial charge in [0.2, 0.25) is 0 Å². The number of benzene rings is 5. The van der Waals surface area contributed by atoms with Crippen LogP contribution in [0, 0.1) is 0 Å². The van der Waals surface area contributed by atoms with E-state index >= 15 is 0 Å². The number of para-hydroxylation sites is 1. The molecule has 0 saturated heterocycles. The Morgan fingerprint density at radius 2 is 1.27 bits per heavy atom. The third kappa shape index (κ3) is 2.86. The molecule has 7 rings (SSSR count). The highest BCUT2D eigenvalue weighted by atomic mass is 15.0. The molecule has 0 spiro atoms. The Hall–Kier alpha value is -4.10. The van der Waals surface area contributed by atoms with Gasteiger partial charge in [0, 0.05) is 16.5 Å². The predicted molar refractivity (Wildman–Crippen MR) is 138 cm³/mol. The van der Waals surface area contributed by atoms with Crippen molar-refractivity contribution in [2.75, 3.05) is 0 Å². The Bertz CT molecular complexity index is 1640. The van der Waals surface area contributed by atoms with Gasteiger partial charge in [0.1, 0.15) is 0 Å². The van der Waals surface area contributed by atoms with Gasteiger partial charge >= 0.3 is 0 Å². The molecule has 0 fully saturated rings. The van der Waals surface area contributed by atoms with Gasteiger partial charge in [-0.1, -0.05) is 91.0 Å². The van der Waals surface area contributed by atoms with Crippen molar-refractivity contribution in [3.05, 3.63) is 138 Å². The summed E-state index contributed by atoms with van der Waals surface area (Å²) in [5, 5.41) is 2.70. The molecule has 33 heavy (non-hydrogen) atoms. The number of fused-ring (bicyclic) bond motifs is 7. The SMILES string of the molecule is c1ccc(Cc2ccc(-n3c4ccccc4c4c5c(ccc43)Cc3ccccc3-5)cc2)cc1. The van der Waals surface area contributed by atoms with Gasteiger partial charge < -0.3 is 4.57 Å². The number of rotatable bonds is 3. The second-order valence-corrected chi connectivity index (χ2v) is 9.01. The second kappa shape index (κ2) is 7.21. The first-order valence-corrected chi connectivity index (χ1v) is 11.6. The van der Waals surface area contributed by atoms with Crippen molar-refractivity contribution in [1.29, 1.82) is 0 Å². The standard InChI is InChI=1S/C32H23N/c1-2-8-22(9-3-1)20-23-14-17-26(18-15-23)33-29-13-7-6-12-28(29)32-30(33)19-16-25-21-24-10-4-5-11-27(24)31(25)32/h1-19H,20-21H2. The molecule has 5 aromatic carbocycles. The van der Waals surface area contributed by atoms with Crippen LogP contribution in [-0.2, 0) is 12.8 Å². The highest BCUT2D eigenvalue weighted by molar-refractivity contribution is 6.17. The van der Waals surface area contributed by atoms with E-state index in [2.05, 4.69) is 120 Å². The fourth-order valence-electron chi connectivity index (χ4n) is 5.55. The van der Waals surface area contributed by atoms with Crippen LogP contribution in [0.25, 0.3) is 38.6 Å². The fraction of sp³-hybridized carbons (Fsp3) is 0.0625. The van der Waals surface area contributed by atoms with Crippen LogP contribution < -0.4 is 0 Å². The van der Waals surface area contributed by atoms with E-state index in [-0.39, 0.29) is 0 Å². The van der Waals surface area contributed by atoms with Gasteiger partial charge in [0.05, 0.1) is 11.0 Å². The van der Waals surface area contributed by atoms with Crippen LogP contribution in [0.1, 0.15) is 22.3 Å². The summed E-state index contributed by atoms with van der Waals surface area (Å²) in [7, 11) is 0. The lowest BCUT2D eigenvalue weighted by atomic mass is 9.99. The quantitative estimate of drug-likeness (QED) is 0.273. The molecule has 1 nitrogen and oxygen atoms in total. The number of nitrogens with zero attached hydrogens (tertiary/aromatic N) is 1. The van der Waals surface area contributed by atoms with Gasteiger partial charge in [0.25, 0.3) is 0 Å². The van der Waals surface area contributed by atoms with Gasteiger partial charge in [-0.3, -0.25) is 0 Å². The summed E-state index contributed by atoms with van der Waals surface area (Å²) in [4.78, 5) is 0.